The van der Waals surface area contributed by atoms with E-state index in [9.17, 15) is 9.59 Å². The quantitative estimate of drug-likeness (QED) is 0.786. The van der Waals surface area contributed by atoms with E-state index in [1.807, 2.05) is 13.8 Å². The lowest BCUT2D eigenvalue weighted by atomic mass is 9.95. The van der Waals surface area contributed by atoms with Gasteiger partial charge in [0.05, 0.1) is 6.04 Å². The van der Waals surface area contributed by atoms with Crippen molar-refractivity contribution in [3.63, 3.8) is 0 Å². The fourth-order valence-corrected chi connectivity index (χ4v) is 3.51. The maximum Gasteiger partial charge on any atom is 0.241 e. The average molecular weight is 386 g/mol. The highest BCUT2D eigenvalue weighted by Crippen LogP contribution is 2.24. The molecule has 0 saturated carbocycles. The average Bonchev–Trinajstić information content (AvgIpc) is 2.58. The van der Waals surface area contributed by atoms with Crippen molar-refractivity contribution in [3.05, 3.63) is 28.2 Å². The summed E-state index contributed by atoms with van der Waals surface area (Å²) < 4.78 is 0. The maximum absolute atomic E-state index is 12.5. The van der Waals surface area contributed by atoms with E-state index >= 15 is 0 Å². The summed E-state index contributed by atoms with van der Waals surface area (Å²) in [6, 6.07) is 4.68. The molecule has 1 aromatic carbocycles. The number of nitrogens with zero attached hydrogens (tertiary/aromatic N) is 1. The van der Waals surface area contributed by atoms with Crippen LogP contribution in [0.4, 0.5) is 5.69 Å². The molecule has 1 unspecified atom stereocenters. The van der Waals surface area contributed by atoms with Crippen LogP contribution in [0.3, 0.4) is 0 Å². The number of rotatable bonds is 6. The zero-order valence-corrected chi connectivity index (χ0v) is 16.2. The van der Waals surface area contributed by atoms with Gasteiger partial charge < -0.3 is 10.6 Å². The van der Waals surface area contributed by atoms with E-state index in [1.165, 1.54) is 0 Å². The van der Waals surface area contributed by atoms with Crippen LogP contribution in [0.1, 0.15) is 33.1 Å². The Kier molecular flexibility index (Phi) is 7.54. The van der Waals surface area contributed by atoms with Crippen molar-refractivity contribution in [2.24, 2.45) is 5.92 Å². The van der Waals surface area contributed by atoms with Crippen LogP contribution < -0.4 is 10.6 Å². The van der Waals surface area contributed by atoms with Crippen molar-refractivity contribution < 1.29 is 9.59 Å². The summed E-state index contributed by atoms with van der Waals surface area (Å²) in [5, 5.41) is 6.77. The Labute approximate surface area is 159 Å². The SMILES string of the molecule is CCCNC(=O)C1CCN(C(C)C(=O)Nc2cc(Cl)cc(Cl)c2)CC1. The molecular weight excluding hydrogens is 361 g/mol. The number of likely N-dealkylation sites (tertiary alicyclic amines) is 1. The molecule has 0 bridgehead atoms. The monoisotopic (exact) mass is 385 g/mol. The molecule has 138 valence electrons. The Balaban J connectivity index is 1.85. The number of benzene rings is 1. The summed E-state index contributed by atoms with van der Waals surface area (Å²) in [4.78, 5) is 26.6. The van der Waals surface area contributed by atoms with Crippen molar-refractivity contribution in [2.45, 2.75) is 39.2 Å². The number of hydrogen-bond acceptors (Lipinski definition) is 3. The minimum atomic E-state index is -0.280. The first kappa shape index (κ1) is 20.0. The van der Waals surface area contributed by atoms with Crippen LogP contribution in [-0.4, -0.2) is 42.4 Å². The van der Waals surface area contributed by atoms with Crippen LogP contribution in [0.15, 0.2) is 18.2 Å². The molecule has 0 spiro atoms. The van der Waals surface area contributed by atoms with E-state index in [2.05, 4.69) is 15.5 Å². The third kappa shape index (κ3) is 5.87. The standard InChI is InChI=1S/C18H25Cl2N3O2/c1-3-6-21-18(25)13-4-7-23(8-5-13)12(2)17(24)22-16-10-14(19)9-15(20)11-16/h9-13H,3-8H2,1-2H3,(H,21,25)(H,22,24). The highest BCUT2D eigenvalue weighted by atomic mass is 35.5. The fourth-order valence-electron chi connectivity index (χ4n) is 2.98. The fraction of sp³-hybridized carbons (Fsp3) is 0.556. The highest BCUT2D eigenvalue weighted by Gasteiger charge is 2.29. The van der Waals surface area contributed by atoms with Crippen LogP contribution >= 0.6 is 23.2 Å². The number of piperidine rings is 1. The topological polar surface area (TPSA) is 61.4 Å². The van der Waals surface area contributed by atoms with Crippen molar-refractivity contribution >= 4 is 40.7 Å². The van der Waals surface area contributed by atoms with Gasteiger partial charge in [-0.25, -0.2) is 0 Å². The second kappa shape index (κ2) is 9.41. The van der Waals surface area contributed by atoms with Crippen LogP contribution in [-0.2, 0) is 9.59 Å². The van der Waals surface area contributed by atoms with Crippen molar-refractivity contribution in [3.8, 4) is 0 Å². The van der Waals surface area contributed by atoms with E-state index in [0.717, 1.165) is 38.9 Å². The van der Waals surface area contributed by atoms with E-state index in [4.69, 9.17) is 23.2 Å². The summed E-state index contributed by atoms with van der Waals surface area (Å²) in [6.07, 6.45) is 2.49. The van der Waals surface area contributed by atoms with Gasteiger partial charge in [0.15, 0.2) is 0 Å². The molecule has 0 aromatic heterocycles. The molecule has 2 amide bonds. The van der Waals surface area contributed by atoms with Gasteiger partial charge in [0.2, 0.25) is 11.8 Å². The van der Waals surface area contributed by atoms with E-state index in [1.54, 1.807) is 18.2 Å². The Morgan fingerprint density at radius 2 is 1.80 bits per heavy atom. The molecule has 1 saturated heterocycles. The summed E-state index contributed by atoms with van der Waals surface area (Å²) in [5.74, 6) is 0.0733. The predicted octanol–water partition coefficient (Wildman–Crippen LogP) is 3.56. The molecule has 1 atom stereocenters. The van der Waals surface area contributed by atoms with Gasteiger partial charge in [0.1, 0.15) is 0 Å². The molecular formula is C18H25Cl2N3O2. The zero-order valence-electron chi connectivity index (χ0n) is 14.6. The van der Waals surface area contributed by atoms with Gasteiger partial charge in [-0.05, 0) is 57.5 Å². The van der Waals surface area contributed by atoms with Gasteiger partial charge in [-0.2, -0.15) is 0 Å². The smallest absolute Gasteiger partial charge is 0.241 e. The number of amides is 2. The molecule has 1 aliphatic heterocycles. The van der Waals surface area contributed by atoms with E-state index < -0.39 is 0 Å². The van der Waals surface area contributed by atoms with Gasteiger partial charge in [-0.1, -0.05) is 30.1 Å². The second-order valence-electron chi connectivity index (χ2n) is 6.42. The van der Waals surface area contributed by atoms with Gasteiger partial charge in [-0.15, -0.1) is 0 Å². The normalized spacial score (nSPS) is 17.1. The van der Waals surface area contributed by atoms with Gasteiger partial charge >= 0.3 is 0 Å². The molecule has 1 aromatic rings. The molecule has 0 aliphatic carbocycles. The maximum atomic E-state index is 12.5. The molecule has 7 heteroatoms. The first-order valence-electron chi connectivity index (χ1n) is 8.69. The third-order valence-corrected chi connectivity index (χ3v) is 4.94. The Hall–Kier alpha value is -1.30. The predicted molar refractivity (Wildman–Crippen MR) is 102 cm³/mol. The number of hydrogen-bond donors (Lipinski definition) is 2. The van der Waals surface area contributed by atoms with E-state index in [-0.39, 0.29) is 23.8 Å². The number of carbonyl (C=O) groups is 2. The third-order valence-electron chi connectivity index (χ3n) is 4.51. The number of carbonyl (C=O) groups excluding carboxylic acids is 2. The van der Waals surface area contributed by atoms with E-state index in [0.29, 0.717) is 15.7 Å². The van der Waals surface area contributed by atoms with Crippen molar-refractivity contribution in [2.75, 3.05) is 25.0 Å². The molecule has 25 heavy (non-hydrogen) atoms. The lowest BCUT2D eigenvalue weighted by molar-refractivity contribution is -0.127. The molecule has 1 aliphatic rings. The zero-order chi connectivity index (χ0) is 18.4. The molecule has 1 heterocycles. The summed E-state index contributed by atoms with van der Waals surface area (Å²) in [5.41, 5.74) is 0.586. The molecule has 0 radical (unpaired) electrons. The van der Waals surface area contributed by atoms with Crippen LogP contribution in [0.5, 0.6) is 0 Å². The van der Waals surface area contributed by atoms with Gasteiger partial charge in [0, 0.05) is 28.2 Å². The minimum Gasteiger partial charge on any atom is -0.356 e. The Bertz CT molecular complexity index is 596. The highest BCUT2D eigenvalue weighted by molar-refractivity contribution is 6.35. The summed E-state index contributed by atoms with van der Waals surface area (Å²) in [7, 11) is 0. The Morgan fingerprint density at radius 1 is 1.20 bits per heavy atom. The molecule has 1 fully saturated rings. The summed E-state index contributed by atoms with van der Waals surface area (Å²) >= 11 is 11.9. The van der Waals surface area contributed by atoms with Crippen molar-refractivity contribution in [1.29, 1.82) is 0 Å². The van der Waals surface area contributed by atoms with Crippen LogP contribution in [0.2, 0.25) is 10.0 Å². The lowest BCUT2D eigenvalue weighted by Gasteiger charge is -2.34. The lowest BCUT2D eigenvalue weighted by Crippen LogP contribution is -2.48. The number of nitrogens with one attached hydrogen (secondary N) is 2. The number of anilines is 1. The first-order valence-corrected chi connectivity index (χ1v) is 9.45. The van der Waals surface area contributed by atoms with Crippen molar-refractivity contribution in [1.82, 2.24) is 10.2 Å². The largest absolute Gasteiger partial charge is 0.356 e. The Morgan fingerprint density at radius 3 is 2.36 bits per heavy atom. The molecule has 5 nitrogen and oxygen atoms in total. The molecule has 2 N–H and O–H groups in total. The molecule has 2 rings (SSSR count). The van der Waals surface area contributed by atoms with Crippen LogP contribution in [0, 0.1) is 5.92 Å². The first-order chi connectivity index (χ1) is 11.9. The van der Waals surface area contributed by atoms with Crippen LogP contribution in [0.25, 0.3) is 0 Å². The van der Waals surface area contributed by atoms with Gasteiger partial charge in [-0.3, -0.25) is 14.5 Å². The number of halogens is 2. The minimum absolute atomic E-state index is 0.0461. The second-order valence-corrected chi connectivity index (χ2v) is 7.30. The van der Waals surface area contributed by atoms with Gasteiger partial charge in [0.25, 0.3) is 0 Å². The summed E-state index contributed by atoms with van der Waals surface area (Å²) in [6.45, 7) is 6.10.